The summed E-state index contributed by atoms with van der Waals surface area (Å²) in [5.41, 5.74) is 4.61. The van der Waals surface area contributed by atoms with Crippen molar-refractivity contribution in [3.63, 3.8) is 0 Å². The second-order valence-corrected chi connectivity index (χ2v) is 8.99. The van der Waals surface area contributed by atoms with Gasteiger partial charge < -0.3 is 19.2 Å². The summed E-state index contributed by atoms with van der Waals surface area (Å²) in [6.07, 6.45) is 2.57. The molecule has 2 aliphatic heterocycles. The van der Waals surface area contributed by atoms with E-state index in [-0.39, 0.29) is 17.5 Å². The normalized spacial score (nSPS) is 20.2. The molecule has 3 heterocycles. The van der Waals surface area contributed by atoms with Crippen LogP contribution in [0, 0.1) is 20.8 Å². The number of benzene rings is 1. The van der Waals surface area contributed by atoms with E-state index in [1.807, 2.05) is 18.7 Å². The molecule has 0 radical (unpaired) electrons. The molecule has 4 rings (SSSR count). The molecule has 2 fully saturated rings. The number of aromatic nitrogens is 1. The van der Waals surface area contributed by atoms with Crippen LogP contribution in [0.3, 0.4) is 0 Å². The Kier molecular flexibility index (Phi) is 6.14. The third-order valence-corrected chi connectivity index (χ3v) is 6.52. The lowest BCUT2D eigenvalue weighted by atomic mass is 9.97. The number of likely N-dealkylation sites (N-methyl/N-ethyl adjacent to an activating group) is 1. The number of hydrogen-bond acceptors (Lipinski definition) is 5. The van der Waals surface area contributed by atoms with Gasteiger partial charge in [-0.1, -0.05) is 22.9 Å². The maximum Gasteiger partial charge on any atom is 0.276 e. The van der Waals surface area contributed by atoms with Crippen molar-refractivity contribution in [2.75, 3.05) is 39.8 Å². The molecule has 1 aromatic heterocycles. The number of piperazine rings is 1. The van der Waals surface area contributed by atoms with Crippen LogP contribution in [0.15, 0.2) is 22.7 Å². The third kappa shape index (κ3) is 4.37. The van der Waals surface area contributed by atoms with Gasteiger partial charge in [-0.05, 0) is 58.2 Å². The zero-order chi connectivity index (χ0) is 22.1. The highest BCUT2D eigenvalue weighted by molar-refractivity contribution is 5.97. The Balaban J connectivity index is 1.55. The van der Waals surface area contributed by atoms with Crippen LogP contribution >= 0.6 is 0 Å². The quantitative estimate of drug-likeness (QED) is 0.758. The van der Waals surface area contributed by atoms with E-state index in [0.717, 1.165) is 42.6 Å². The molecule has 0 spiro atoms. The third-order valence-electron chi connectivity index (χ3n) is 6.52. The van der Waals surface area contributed by atoms with Gasteiger partial charge >= 0.3 is 0 Å². The zero-order valence-corrected chi connectivity index (χ0v) is 19.0. The fourth-order valence-corrected chi connectivity index (χ4v) is 4.88. The number of carbonyl (C=O) groups is 2. The molecule has 2 aliphatic rings. The highest BCUT2D eigenvalue weighted by Gasteiger charge is 2.37. The SMILES string of the molecule is Cc1cc(C)c(-c2cc(C(=O)N3CCCCC3C(=O)N3CCN(C)CC3)no2)c(C)c1. The van der Waals surface area contributed by atoms with Crippen LogP contribution in [0.2, 0.25) is 0 Å². The molecule has 7 nitrogen and oxygen atoms in total. The predicted molar refractivity (Wildman–Crippen MR) is 119 cm³/mol. The summed E-state index contributed by atoms with van der Waals surface area (Å²) in [7, 11) is 2.07. The van der Waals surface area contributed by atoms with E-state index >= 15 is 0 Å². The van der Waals surface area contributed by atoms with E-state index < -0.39 is 6.04 Å². The minimum atomic E-state index is -0.410. The van der Waals surface area contributed by atoms with E-state index in [1.165, 1.54) is 5.56 Å². The highest BCUT2D eigenvalue weighted by atomic mass is 16.5. The molecule has 0 saturated carbocycles. The van der Waals surface area contributed by atoms with Gasteiger partial charge in [-0.25, -0.2) is 0 Å². The summed E-state index contributed by atoms with van der Waals surface area (Å²) in [6.45, 7) is 9.88. The molecule has 1 aromatic carbocycles. The van der Waals surface area contributed by atoms with Gasteiger partial charge in [-0.3, -0.25) is 9.59 Å². The van der Waals surface area contributed by atoms with Gasteiger partial charge in [0, 0.05) is 44.4 Å². The Morgan fingerprint density at radius 1 is 0.968 bits per heavy atom. The Bertz CT molecular complexity index is 952. The average Bonchev–Trinajstić information content (AvgIpc) is 3.22. The first-order valence-corrected chi connectivity index (χ1v) is 11.2. The van der Waals surface area contributed by atoms with Crippen molar-refractivity contribution in [2.45, 2.75) is 46.1 Å². The number of likely N-dealkylation sites (tertiary alicyclic amines) is 1. The first kappa shape index (κ1) is 21.6. The smallest absolute Gasteiger partial charge is 0.276 e. The summed E-state index contributed by atoms with van der Waals surface area (Å²) in [5.74, 6) is 0.442. The van der Waals surface area contributed by atoms with Crippen LogP contribution in [-0.2, 0) is 4.79 Å². The van der Waals surface area contributed by atoms with Crippen molar-refractivity contribution >= 4 is 11.8 Å². The Hall–Kier alpha value is -2.67. The van der Waals surface area contributed by atoms with Crippen LogP contribution in [0.5, 0.6) is 0 Å². The van der Waals surface area contributed by atoms with Crippen molar-refractivity contribution in [1.82, 2.24) is 19.9 Å². The number of hydrogen-bond donors (Lipinski definition) is 0. The molecular weight excluding hydrogens is 392 g/mol. The van der Waals surface area contributed by atoms with Crippen LogP contribution < -0.4 is 0 Å². The summed E-state index contributed by atoms with van der Waals surface area (Å²) in [6, 6.07) is 5.51. The van der Waals surface area contributed by atoms with Crippen molar-refractivity contribution in [3.05, 3.63) is 40.6 Å². The molecule has 0 N–H and O–H groups in total. The summed E-state index contributed by atoms with van der Waals surface area (Å²) in [4.78, 5) is 32.4. The molecule has 2 amide bonds. The molecule has 1 atom stereocenters. The molecule has 2 saturated heterocycles. The first-order chi connectivity index (χ1) is 14.8. The molecule has 2 aromatic rings. The van der Waals surface area contributed by atoms with Crippen LogP contribution in [0.1, 0.15) is 46.4 Å². The first-order valence-electron chi connectivity index (χ1n) is 11.2. The second kappa shape index (κ2) is 8.83. The Morgan fingerprint density at radius 2 is 1.65 bits per heavy atom. The summed E-state index contributed by atoms with van der Waals surface area (Å²) in [5, 5.41) is 4.09. The molecule has 31 heavy (non-hydrogen) atoms. The Labute approximate surface area is 184 Å². The molecule has 166 valence electrons. The molecule has 1 unspecified atom stereocenters. The lowest BCUT2D eigenvalue weighted by Gasteiger charge is -2.39. The number of amides is 2. The molecule has 7 heteroatoms. The maximum atomic E-state index is 13.3. The van der Waals surface area contributed by atoms with E-state index in [2.05, 4.69) is 36.2 Å². The topological polar surface area (TPSA) is 69.9 Å². The largest absolute Gasteiger partial charge is 0.355 e. The fraction of sp³-hybridized carbons (Fsp3) is 0.542. The van der Waals surface area contributed by atoms with Crippen molar-refractivity contribution in [1.29, 1.82) is 0 Å². The fourth-order valence-electron chi connectivity index (χ4n) is 4.88. The van der Waals surface area contributed by atoms with E-state index in [1.54, 1.807) is 11.0 Å². The number of carbonyl (C=O) groups excluding carboxylic acids is 2. The highest BCUT2D eigenvalue weighted by Crippen LogP contribution is 2.30. The summed E-state index contributed by atoms with van der Waals surface area (Å²) >= 11 is 0. The predicted octanol–water partition coefficient (Wildman–Crippen LogP) is 3.04. The molecule has 0 bridgehead atoms. The van der Waals surface area contributed by atoms with Gasteiger partial charge in [0.15, 0.2) is 11.5 Å². The van der Waals surface area contributed by atoms with Crippen molar-refractivity contribution in [2.24, 2.45) is 0 Å². The lowest BCUT2D eigenvalue weighted by molar-refractivity contribution is -0.138. The van der Waals surface area contributed by atoms with E-state index in [9.17, 15) is 9.59 Å². The minimum Gasteiger partial charge on any atom is -0.355 e. The van der Waals surface area contributed by atoms with Gasteiger partial charge in [0.25, 0.3) is 5.91 Å². The standard InChI is InChI=1S/C24H32N4O3/c1-16-13-17(2)22(18(3)14-16)21-15-19(25-31-21)23(29)28-8-6-5-7-20(28)24(30)27-11-9-26(4)10-12-27/h13-15,20H,5-12H2,1-4H3. The van der Waals surface area contributed by atoms with Gasteiger partial charge in [0.2, 0.25) is 5.91 Å². The van der Waals surface area contributed by atoms with Gasteiger partial charge in [0.1, 0.15) is 6.04 Å². The minimum absolute atomic E-state index is 0.0649. The molecule has 0 aliphatic carbocycles. The lowest BCUT2D eigenvalue weighted by Crippen LogP contribution is -2.56. The van der Waals surface area contributed by atoms with Gasteiger partial charge in [-0.2, -0.15) is 0 Å². The van der Waals surface area contributed by atoms with Crippen LogP contribution in [0.25, 0.3) is 11.3 Å². The maximum absolute atomic E-state index is 13.3. The van der Waals surface area contributed by atoms with E-state index in [0.29, 0.717) is 31.8 Å². The number of rotatable bonds is 3. The number of nitrogens with zero attached hydrogens (tertiary/aromatic N) is 4. The van der Waals surface area contributed by atoms with Crippen molar-refractivity contribution < 1.29 is 14.1 Å². The summed E-state index contributed by atoms with van der Waals surface area (Å²) < 4.78 is 5.59. The monoisotopic (exact) mass is 424 g/mol. The molecular formula is C24H32N4O3. The van der Waals surface area contributed by atoms with Gasteiger partial charge in [0.05, 0.1) is 0 Å². The second-order valence-electron chi connectivity index (χ2n) is 8.99. The van der Waals surface area contributed by atoms with Gasteiger partial charge in [-0.15, -0.1) is 0 Å². The number of piperidine rings is 1. The Morgan fingerprint density at radius 3 is 2.32 bits per heavy atom. The zero-order valence-electron chi connectivity index (χ0n) is 19.0. The van der Waals surface area contributed by atoms with Crippen molar-refractivity contribution in [3.8, 4) is 11.3 Å². The van der Waals surface area contributed by atoms with Crippen LogP contribution in [-0.4, -0.2) is 77.5 Å². The number of aryl methyl sites for hydroxylation is 3. The average molecular weight is 425 g/mol. The van der Waals surface area contributed by atoms with Crippen LogP contribution in [0.4, 0.5) is 0 Å². The van der Waals surface area contributed by atoms with E-state index in [4.69, 9.17) is 4.52 Å².